The molecule has 6 rings (SSSR count). The minimum absolute atomic E-state index is 0.00802. The first-order chi connectivity index (χ1) is 15.3. The highest BCUT2D eigenvalue weighted by molar-refractivity contribution is 6.30. The average molecular weight is 459 g/mol. The number of hydrogen-bond donors (Lipinski definition) is 0. The maximum atomic E-state index is 13.0. The summed E-state index contributed by atoms with van der Waals surface area (Å²) in [6.07, 6.45) is 4.92. The Bertz CT molecular complexity index is 932. The summed E-state index contributed by atoms with van der Waals surface area (Å²) in [7, 11) is 0. The predicted molar refractivity (Wildman–Crippen MR) is 125 cm³/mol. The largest absolute Gasteiger partial charge is 0.462 e. The number of halogens is 1. The molecule has 5 fully saturated rings. The lowest BCUT2D eigenvalue weighted by molar-refractivity contribution is -0.146. The average Bonchev–Trinajstić information content (AvgIpc) is 3.45. The van der Waals surface area contributed by atoms with Crippen LogP contribution in [0.4, 0.5) is 5.69 Å². The Morgan fingerprint density at radius 1 is 1.22 bits per heavy atom. The highest BCUT2D eigenvalue weighted by Gasteiger charge is 2.78. The SMILES string of the molecule is Cc1ccc(Cl)cc1N1CCN(CC2C(=O)O[C@@H]3C[C@@]4(C)CCC[C@H](C)[C@@]45O[C@H]5[C@H]23)CC1. The number of esters is 1. The maximum absolute atomic E-state index is 13.0. The molecule has 3 heterocycles. The van der Waals surface area contributed by atoms with Gasteiger partial charge in [0.25, 0.3) is 0 Å². The Hall–Kier alpha value is -1.30. The van der Waals surface area contributed by atoms with E-state index in [1.54, 1.807) is 0 Å². The first-order valence-electron chi connectivity index (χ1n) is 12.4. The summed E-state index contributed by atoms with van der Waals surface area (Å²) < 4.78 is 12.6. The molecular formula is C26H35ClN2O3. The number of epoxide rings is 1. The quantitative estimate of drug-likeness (QED) is 0.499. The van der Waals surface area contributed by atoms with E-state index in [-0.39, 0.29) is 41.0 Å². The second-order valence-electron chi connectivity index (χ2n) is 11.3. The molecule has 3 saturated heterocycles. The number of carbonyl (C=O) groups excluding carboxylic acids is 1. The molecule has 1 aromatic carbocycles. The summed E-state index contributed by atoms with van der Waals surface area (Å²) in [4.78, 5) is 17.9. The van der Waals surface area contributed by atoms with Crippen LogP contribution in [0.5, 0.6) is 0 Å². The predicted octanol–water partition coefficient (Wildman–Crippen LogP) is 4.30. The number of hydrogen-bond acceptors (Lipinski definition) is 5. The van der Waals surface area contributed by atoms with Gasteiger partial charge in [0.15, 0.2) is 0 Å². The lowest BCUT2D eigenvalue weighted by atomic mass is 9.53. The third-order valence-corrected chi connectivity index (χ3v) is 9.77. The van der Waals surface area contributed by atoms with E-state index < -0.39 is 0 Å². The van der Waals surface area contributed by atoms with Crippen LogP contribution in [0.15, 0.2) is 18.2 Å². The molecule has 2 saturated carbocycles. The van der Waals surface area contributed by atoms with Crippen molar-refractivity contribution in [2.75, 3.05) is 37.6 Å². The molecule has 0 amide bonds. The van der Waals surface area contributed by atoms with Gasteiger partial charge < -0.3 is 14.4 Å². The van der Waals surface area contributed by atoms with E-state index in [1.165, 1.54) is 30.5 Å². The van der Waals surface area contributed by atoms with Gasteiger partial charge in [-0.25, -0.2) is 0 Å². The molecule has 7 atom stereocenters. The van der Waals surface area contributed by atoms with Crippen LogP contribution >= 0.6 is 11.6 Å². The molecule has 0 N–H and O–H groups in total. The van der Waals surface area contributed by atoms with Gasteiger partial charge in [0.2, 0.25) is 0 Å². The van der Waals surface area contributed by atoms with Crippen molar-refractivity contribution in [1.82, 2.24) is 4.90 Å². The van der Waals surface area contributed by atoms with E-state index in [0.29, 0.717) is 5.92 Å². The molecule has 1 spiro atoms. The van der Waals surface area contributed by atoms with E-state index >= 15 is 0 Å². The van der Waals surface area contributed by atoms with Crippen LogP contribution in [0.3, 0.4) is 0 Å². The summed E-state index contributed by atoms with van der Waals surface area (Å²) in [5.74, 6) is 0.758. The monoisotopic (exact) mass is 458 g/mol. The fraction of sp³-hybridized carbons (Fsp3) is 0.731. The third-order valence-electron chi connectivity index (χ3n) is 9.53. The van der Waals surface area contributed by atoms with E-state index in [9.17, 15) is 4.79 Å². The number of benzene rings is 1. The number of rotatable bonds is 3. The number of fused-ring (bicyclic) bond motifs is 2. The fourth-order valence-electron chi connectivity index (χ4n) is 7.82. The number of carbonyl (C=O) groups is 1. The van der Waals surface area contributed by atoms with E-state index in [2.05, 4.69) is 42.7 Å². The van der Waals surface area contributed by atoms with Crippen LogP contribution in [0.1, 0.15) is 45.1 Å². The van der Waals surface area contributed by atoms with Crippen LogP contribution in [-0.2, 0) is 14.3 Å². The summed E-state index contributed by atoms with van der Waals surface area (Å²) in [6.45, 7) is 11.5. The second-order valence-corrected chi connectivity index (χ2v) is 11.7. The van der Waals surface area contributed by atoms with Crippen molar-refractivity contribution >= 4 is 23.3 Å². The number of nitrogens with zero attached hydrogens (tertiary/aromatic N) is 2. The minimum atomic E-state index is -0.0532. The topological polar surface area (TPSA) is 45.3 Å². The highest BCUT2D eigenvalue weighted by Crippen LogP contribution is 2.70. The van der Waals surface area contributed by atoms with Gasteiger partial charge in [0, 0.05) is 54.8 Å². The van der Waals surface area contributed by atoms with Gasteiger partial charge in [0.1, 0.15) is 11.7 Å². The summed E-state index contributed by atoms with van der Waals surface area (Å²) in [6, 6.07) is 6.11. The fourth-order valence-corrected chi connectivity index (χ4v) is 7.98. The summed E-state index contributed by atoms with van der Waals surface area (Å²) in [5.41, 5.74) is 2.63. The molecule has 5 nitrogen and oxygen atoms in total. The Morgan fingerprint density at radius 3 is 2.78 bits per heavy atom. The number of aryl methyl sites for hydroxylation is 1. The van der Waals surface area contributed by atoms with E-state index in [0.717, 1.165) is 44.2 Å². The molecule has 0 bridgehead atoms. The van der Waals surface area contributed by atoms with Gasteiger partial charge >= 0.3 is 5.97 Å². The standard InChI is InChI=1S/C26H35ClN2O3/c1-16-6-7-18(27)13-20(16)29-11-9-28(10-12-29)15-19-22-21(31-24(19)30)14-25(3)8-4-5-17(2)26(25)23(22)32-26/h6-7,13,17,19,21-23H,4-5,8-12,14-15H2,1-3H3/t17-,19?,21+,22+,23-,25+,26-/m0/s1. The van der Waals surface area contributed by atoms with Gasteiger partial charge in [-0.1, -0.05) is 37.9 Å². The van der Waals surface area contributed by atoms with Gasteiger partial charge in [-0.15, -0.1) is 0 Å². The molecule has 5 aliphatic rings. The number of anilines is 1. The minimum Gasteiger partial charge on any atom is -0.462 e. The molecule has 1 aromatic rings. The molecule has 0 aromatic heterocycles. The van der Waals surface area contributed by atoms with Crippen molar-refractivity contribution in [3.8, 4) is 0 Å². The molecule has 1 unspecified atom stereocenters. The first-order valence-corrected chi connectivity index (χ1v) is 12.8. The molecule has 0 radical (unpaired) electrons. The Kier molecular flexibility index (Phi) is 4.88. The van der Waals surface area contributed by atoms with Crippen molar-refractivity contribution in [3.05, 3.63) is 28.8 Å². The van der Waals surface area contributed by atoms with Crippen LogP contribution < -0.4 is 4.90 Å². The van der Waals surface area contributed by atoms with Crippen molar-refractivity contribution in [1.29, 1.82) is 0 Å². The zero-order valence-electron chi connectivity index (χ0n) is 19.5. The van der Waals surface area contributed by atoms with Crippen LogP contribution in [0.2, 0.25) is 5.02 Å². The summed E-state index contributed by atoms with van der Waals surface area (Å²) >= 11 is 6.24. The molecule has 32 heavy (non-hydrogen) atoms. The van der Waals surface area contributed by atoms with Crippen molar-refractivity contribution in [2.45, 2.75) is 64.3 Å². The zero-order valence-corrected chi connectivity index (χ0v) is 20.2. The van der Waals surface area contributed by atoms with Crippen LogP contribution in [-0.4, -0.2) is 61.4 Å². The molecule has 6 heteroatoms. The van der Waals surface area contributed by atoms with Crippen molar-refractivity contribution in [3.63, 3.8) is 0 Å². The van der Waals surface area contributed by atoms with Crippen molar-refractivity contribution < 1.29 is 14.3 Å². The molecular weight excluding hydrogens is 424 g/mol. The Balaban J connectivity index is 1.15. The lowest BCUT2D eigenvalue weighted by Gasteiger charge is -2.49. The van der Waals surface area contributed by atoms with Crippen LogP contribution in [0.25, 0.3) is 0 Å². The van der Waals surface area contributed by atoms with Gasteiger partial charge in [-0.2, -0.15) is 0 Å². The summed E-state index contributed by atoms with van der Waals surface area (Å²) in [5, 5.41) is 0.785. The lowest BCUT2D eigenvalue weighted by Crippen LogP contribution is -2.55. The molecule has 3 aliphatic heterocycles. The van der Waals surface area contributed by atoms with Crippen molar-refractivity contribution in [2.24, 2.45) is 23.2 Å². The number of piperazine rings is 1. The maximum Gasteiger partial charge on any atom is 0.311 e. The molecule has 174 valence electrons. The zero-order chi connectivity index (χ0) is 22.3. The highest BCUT2D eigenvalue weighted by atomic mass is 35.5. The van der Waals surface area contributed by atoms with E-state index in [1.807, 2.05) is 6.07 Å². The van der Waals surface area contributed by atoms with Gasteiger partial charge in [-0.3, -0.25) is 9.69 Å². The Morgan fingerprint density at radius 2 is 2.00 bits per heavy atom. The van der Waals surface area contributed by atoms with Gasteiger partial charge in [0.05, 0.1) is 12.0 Å². The molecule has 2 aliphatic carbocycles. The number of ether oxygens (including phenoxy) is 2. The normalized spacial score (nSPS) is 43.3. The Labute approximate surface area is 196 Å². The first kappa shape index (κ1) is 21.2. The smallest absolute Gasteiger partial charge is 0.311 e. The third kappa shape index (κ3) is 3.00. The van der Waals surface area contributed by atoms with Gasteiger partial charge in [-0.05, 0) is 49.8 Å². The van der Waals surface area contributed by atoms with E-state index in [4.69, 9.17) is 21.1 Å². The second kappa shape index (κ2) is 7.35. The van der Waals surface area contributed by atoms with Crippen LogP contribution in [0, 0.1) is 30.1 Å².